The van der Waals surface area contributed by atoms with Gasteiger partial charge in [-0.2, -0.15) is 0 Å². The van der Waals surface area contributed by atoms with Crippen molar-refractivity contribution in [3.63, 3.8) is 0 Å². The van der Waals surface area contributed by atoms with Crippen LogP contribution in [0.3, 0.4) is 0 Å². The first-order valence-electron chi connectivity index (χ1n) is 6.42. The highest BCUT2D eigenvalue weighted by atomic mass is 35.5. The first-order chi connectivity index (χ1) is 9.58. The number of carbonyl (C=O) groups is 1. The number of methoxy groups -OCH3 is 1. The van der Waals surface area contributed by atoms with Crippen molar-refractivity contribution in [1.29, 1.82) is 0 Å². The molecule has 0 saturated carbocycles. The van der Waals surface area contributed by atoms with Crippen LogP contribution in [0.4, 0.5) is 0 Å². The second kappa shape index (κ2) is 6.09. The number of carbonyl (C=O) groups excluding carboxylic acids is 1. The summed E-state index contributed by atoms with van der Waals surface area (Å²) in [6.45, 7) is 3.90. The van der Waals surface area contributed by atoms with Crippen molar-refractivity contribution in [2.75, 3.05) is 7.11 Å². The van der Waals surface area contributed by atoms with Gasteiger partial charge in [0.15, 0.2) is 0 Å². The normalized spacial score (nSPS) is 10.6. The van der Waals surface area contributed by atoms with E-state index in [1.807, 2.05) is 26.0 Å². The average Bonchev–Trinajstić information content (AvgIpc) is 2.85. The van der Waals surface area contributed by atoms with Crippen molar-refractivity contribution in [3.8, 4) is 11.5 Å². The molecule has 0 N–H and O–H groups in total. The summed E-state index contributed by atoms with van der Waals surface area (Å²) in [6.07, 6.45) is 1.53. The van der Waals surface area contributed by atoms with Gasteiger partial charge in [-0.1, -0.05) is 31.0 Å². The molecular weight excluding hydrogens is 278 g/mol. The van der Waals surface area contributed by atoms with E-state index in [0.717, 1.165) is 17.5 Å². The Morgan fingerprint density at radius 3 is 2.85 bits per heavy atom. The van der Waals surface area contributed by atoms with Crippen LogP contribution in [-0.4, -0.2) is 18.1 Å². The van der Waals surface area contributed by atoms with E-state index in [9.17, 15) is 4.79 Å². The zero-order valence-corrected chi connectivity index (χ0v) is 12.5. The maximum atomic E-state index is 11.7. The quantitative estimate of drug-likeness (QED) is 0.798. The van der Waals surface area contributed by atoms with Gasteiger partial charge in [-0.05, 0) is 31.0 Å². The number of nitrogens with zero attached hydrogens (tertiary/aromatic N) is 1. The average molecular weight is 294 g/mol. The van der Waals surface area contributed by atoms with E-state index in [4.69, 9.17) is 20.8 Å². The molecule has 2 rings (SSSR count). The van der Waals surface area contributed by atoms with Crippen molar-refractivity contribution in [2.24, 2.45) is 0 Å². The van der Waals surface area contributed by atoms with Crippen LogP contribution in [-0.2, 0) is 11.2 Å². The predicted octanol–water partition coefficient (Wildman–Crippen LogP) is 4.04. The molecule has 0 spiro atoms. The number of esters is 1. The zero-order chi connectivity index (χ0) is 14.7. The summed E-state index contributed by atoms with van der Waals surface area (Å²) in [5, 5.41) is 0.636. The first kappa shape index (κ1) is 14.6. The third-order valence-electron chi connectivity index (χ3n) is 3.05. The van der Waals surface area contributed by atoms with Crippen LogP contribution in [0.1, 0.15) is 35.2 Å². The Morgan fingerprint density at radius 1 is 1.45 bits per heavy atom. The Labute approximate surface area is 122 Å². The van der Waals surface area contributed by atoms with E-state index < -0.39 is 5.97 Å². The van der Waals surface area contributed by atoms with Crippen molar-refractivity contribution in [3.05, 3.63) is 40.2 Å². The number of aryl methyl sites for hydroxylation is 1. The minimum Gasteiger partial charge on any atom is -0.463 e. The summed E-state index contributed by atoms with van der Waals surface area (Å²) >= 11 is 6.10. The van der Waals surface area contributed by atoms with Crippen LogP contribution in [0.2, 0.25) is 5.02 Å². The fourth-order valence-corrected chi connectivity index (χ4v) is 2.14. The van der Waals surface area contributed by atoms with Gasteiger partial charge in [0, 0.05) is 10.6 Å². The second-order valence-electron chi connectivity index (χ2n) is 4.45. The molecule has 0 radical (unpaired) electrons. The van der Waals surface area contributed by atoms with E-state index in [1.54, 1.807) is 6.07 Å². The lowest BCUT2D eigenvalue weighted by Gasteiger charge is -2.02. The maximum absolute atomic E-state index is 11.7. The molecule has 4 nitrogen and oxygen atoms in total. The number of oxazole rings is 1. The zero-order valence-electron chi connectivity index (χ0n) is 11.7. The van der Waals surface area contributed by atoms with E-state index in [1.165, 1.54) is 7.11 Å². The first-order valence-corrected chi connectivity index (χ1v) is 6.79. The Bertz CT molecular complexity index is 634. The third kappa shape index (κ3) is 2.70. The van der Waals surface area contributed by atoms with Crippen LogP contribution in [0, 0.1) is 6.92 Å². The van der Waals surface area contributed by atoms with Crippen LogP contribution >= 0.6 is 11.6 Å². The summed E-state index contributed by atoms with van der Waals surface area (Å²) in [4.78, 5) is 16.1. The molecule has 0 amide bonds. The minimum atomic E-state index is -0.508. The third-order valence-corrected chi connectivity index (χ3v) is 3.46. The topological polar surface area (TPSA) is 52.3 Å². The van der Waals surface area contributed by atoms with E-state index >= 15 is 0 Å². The Morgan fingerprint density at radius 2 is 2.20 bits per heavy atom. The largest absolute Gasteiger partial charge is 0.463 e. The number of hydrogen-bond donors (Lipinski definition) is 0. The summed E-state index contributed by atoms with van der Waals surface area (Å²) in [5.74, 6) is 0.0597. The van der Waals surface area contributed by atoms with Gasteiger partial charge in [-0.25, -0.2) is 9.78 Å². The monoisotopic (exact) mass is 293 g/mol. The molecule has 0 fully saturated rings. The molecule has 0 bridgehead atoms. The highest BCUT2D eigenvalue weighted by Gasteiger charge is 2.22. The lowest BCUT2D eigenvalue weighted by molar-refractivity contribution is 0.0564. The smallest absolute Gasteiger partial charge is 0.376 e. The highest BCUT2D eigenvalue weighted by molar-refractivity contribution is 6.31. The van der Waals surface area contributed by atoms with E-state index in [-0.39, 0.29) is 5.76 Å². The number of ether oxygens (including phenoxy) is 1. The van der Waals surface area contributed by atoms with Gasteiger partial charge in [0.1, 0.15) is 0 Å². The molecule has 0 saturated heterocycles. The summed E-state index contributed by atoms with van der Waals surface area (Å²) in [6, 6.07) is 5.49. The molecule has 5 heteroatoms. The van der Waals surface area contributed by atoms with Crippen molar-refractivity contribution in [1.82, 2.24) is 4.98 Å². The number of halogens is 1. The molecule has 0 aliphatic rings. The lowest BCUT2D eigenvalue weighted by atomic mass is 10.1. The minimum absolute atomic E-state index is 0.170. The standard InChI is InChI=1S/C15H16ClNO3/c1-4-6-12-13(15(18)19-3)20-14(17-12)10-7-5-8-11(16)9(10)2/h5,7-8H,4,6H2,1-3H3. The van der Waals surface area contributed by atoms with Crippen molar-refractivity contribution < 1.29 is 13.9 Å². The number of aromatic nitrogens is 1. The second-order valence-corrected chi connectivity index (χ2v) is 4.86. The molecule has 0 aliphatic heterocycles. The number of rotatable bonds is 4. The SMILES string of the molecule is CCCc1nc(-c2cccc(Cl)c2C)oc1C(=O)OC. The van der Waals surface area contributed by atoms with Crippen LogP contribution in [0.25, 0.3) is 11.5 Å². The van der Waals surface area contributed by atoms with Crippen molar-refractivity contribution in [2.45, 2.75) is 26.7 Å². The van der Waals surface area contributed by atoms with Crippen molar-refractivity contribution >= 4 is 17.6 Å². The van der Waals surface area contributed by atoms with E-state index in [2.05, 4.69) is 4.98 Å². The molecule has 1 heterocycles. The molecule has 20 heavy (non-hydrogen) atoms. The fraction of sp³-hybridized carbons (Fsp3) is 0.333. The van der Waals surface area contributed by atoms with Crippen LogP contribution in [0.5, 0.6) is 0 Å². The summed E-state index contributed by atoms with van der Waals surface area (Å²) in [7, 11) is 1.32. The fourth-order valence-electron chi connectivity index (χ4n) is 1.96. The van der Waals surface area contributed by atoms with Gasteiger partial charge in [-0.15, -0.1) is 0 Å². The van der Waals surface area contributed by atoms with Crippen LogP contribution in [0.15, 0.2) is 22.6 Å². The van der Waals surface area contributed by atoms with Gasteiger partial charge in [0.2, 0.25) is 11.7 Å². The molecule has 1 aromatic carbocycles. The Kier molecular flexibility index (Phi) is 4.45. The Hall–Kier alpha value is -1.81. The molecule has 2 aromatic rings. The van der Waals surface area contributed by atoms with E-state index in [0.29, 0.717) is 23.0 Å². The van der Waals surface area contributed by atoms with Gasteiger partial charge < -0.3 is 9.15 Å². The molecule has 0 atom stereocenters. The summed E-state index contributed by atoms with van der Waals surface area (Å²) < 4.78 is 10.3. The van der Waals surface area contributed by atoms with Gasteiger partial charge >= 0.3 is 5.97 Å². The molecule has 0 aliphatic carbocycles. The van der Waals surface area contributed by atoms with Crippen LogP contribution < -0.4 is 0 Å². The van der Waals surface area contributed by atoms with Gasteiger partial charge in [-0.3, -0.25) is 0 Å². The van der Waals surface area contributed by atoms with Gasteiger partial charge in [0.05, 0.1) is 12.8 Å². The maximum Gasteiger partial charge on any atom is 0.376 e. The lowest BCUT2D eigenvalue weighted by Crippen LogP contribution is -2.03. The Balaban J connectivity index is 2.52. The molecule has 1 aromatic heterocycles. The predicted molar refractivity (Wildman–Crippen MR) is 77.0 cm³/mol. The molecule has 106 valence electrons. The van der Waals surface area contributed by atoms with Gasteiger partial charge in [0.25, 0.3) is 0 Å². The number of benzene rings is 1. The highest BCUT2D eigenvalue weighted by Crippen LogP contribution is 2.29. The number of hydrogen-bond acceptors (Lipinski definition) is 4. The summed E-state index contributed by atoms with van der Waals surface area (Å²) in [5.41, 5.74) is 2.27. The molecule has 0 unspecified atom stereocenters. The molecular formula is C15H16ClNO3.